The van der Waals surface area contributed by atoms with Crippen LogP contribution in [0.5, 0.6) is 0 Å². The predicted molar refractivity (Wildman–Crippen MR) is 75.9 cm³/mol. The second-order valence-corrected chi connectivity index (χ2v) is 5.61. The number of nitrogens with zero attached hydrogens (tertiary/aromatic N) is 1. The summed E-state index contributed by atoms with van der Waals surface area (Å²) in [5, 5.41) is 0. The summed E-state index contributed by atoms with van der Waals surface area (Å²) in [5.41, 5.74) is -3.45. The van der Waals surface area contributed by atoms with Crippen molar-refractivity contribution in [3.8, 4) is 0 Å². The Balaban J connectivity index is 3.81. The summed E-state index contributed by atoms with van der Waals surface area (Å²) >= 11 is 0.933. The number of alkyl halides is 5. The molecule has 0 amide bonds. The highest BCUT2D eigenvalue weighted by atomic mass is 32.2. The van der Waals surface area contributed by atoms with Gasteiger partial charge in [-0.25, -0.2) is 18.6 Å². The van der Waals surface area contributed by atoms with Crippen molar-refractivity contribution in [2.75, 3.05) is 12.4 Å². The van der Waals surface area contributed by atoms with Crippen LogP contribution in [0.4, 0.5) is 22.0 Å². The summed E-state index contributed by atoms with van der Waals surface area (Å²) in [6, 6.07) is 0. The van der Waals surface area contributed by atoms with Crippen molar-refractivity contribution in [1.82, 2.24) is 4.98 Å². The number of hydrogen-bond donors (Lipinski definition) is 0. The molecule has 0 saturated heterocycles. The van der Waals surface area contributed by atoms with Crippen LogP contribution in [0, 0.1) is 0 Å². The molecule has 0 unspecified atom stereocenters. The minimum absolute atomic E-state index is 0.0260. The summed E-state index contributed by atoms with van der Waals surface area (Å²) in [6.45, 7) is 4.47. The van der Waals surface area contributed by atoms with Gasteiger partial charge >= 0.3 is 12.1 Å². The zero-order valence-corrected chi connectivity index (χ0v) is 13.6. The highest BCUT2D eigenvalue weighted by molar-refractivity contribution is 7.99. The van der Waals surface area contributed by atoms with Gasteiger partial charge in [-0.2, -0.15) is 13.2 Å². The zero-order valence-electron chi connectivity index (χ0n) is 12.8. The lowest BCUT2D eigenvalue weighted by Crippen LogP contribution is -2.22. The first-order chi connectivity index (χ1) is 10.7. The first kappa shape index (κ1) is 19.7. The Kier molecular flexibility index (Phi) is 6.79. The van der Waals surface area contributed by atoms with Crippen LogP contribution in [0.2, 0.25) is 0 Å². The Morgan fingerprint density at radius 1 is 1.26 bits per heavy atom. The molecule has 1 aromatic heterocycles. The van der Waals surface area contributed by atoms with Gasteiger partial charge in [0.15, 0.2) is 5.69 Å². The second kappa shape index (κ2) is 7.94. The molecule has 1 rings (SSSR count). The molecular weight excluding hydrogens is 341 g/mol. The number of carbonyl (C=O) groups is 1. The van der Waals surface area contributed by atoms with Gasteiger partial charge in [0.2, 0.25) is 0 Å². The molecule has 0 aromatic carbocycles. The molecule has 0 atom stereocenters. The topological polar surface area (TPSA) is 39.2 Å². The minimum atomic E-state index is -5.04. The van der Waals surface area contributed by atoms with E-state index in [2.05, 4.69) is 9.72 Å². The molecule has 9 heteroatoms. The van der Waals surface area contributed by atoms with Crippen molar-refractivity contribution in [3.05, 3.63) is 22.5 Å². The average molecular weight is 357 g/mol. The van der Waals surface area contributed by atoms with Crippen LogP contribution in [0.3, 0.4) is 0 Å². The molecule has 0 saturated carbocycles. The first-order valence-corrected chi connectivity index (χ1v) is 7.89. The minimum Gasteiger partial charge on any atom is -0.462 e. The van der Waals surface area contributed by atoms with E-state index in [-0.39, 0.29) is 23.5 Å². The number of hydrogen-bond acceptors (Lipinski definition) is 4. The lowest BCUT2D eigenvalue weighted by Gasteiger charge is -2.20. The fourth-order valence-electron chi connectivity index (χ4n) is 2.06. The maximum Gasteiger partial charge on any atom is 0.434 e. The molecule has 0 fully saturated rings. The highest BCUT2D eigenvalue weighted by Crippen LogP contribution is 2.40. The number of pyridine rings is 1. The van der Waals surface area contributed by atoms with Gasteiger partial charge in [0.05, 0.1) is 12.2 Å². The second-order valence-electron chi connectivity index (χ2n) is 4.33. The molecule has 0 bridgehead atoms. The van der Waals surface area contributed by atoms with Gasteiger partial charge in [0.1, 0.15) is 5.69 Å². The van der Waals surface area contributed by atoms with Gasteiger partial charge in [-0.3, -0.25) is 0 Å². The molecular formula is C14H16F5NO2S. The average Bonchev–Trinajstić information content (AvgIpc) is 2.45. The smallest absolute Gasteiger partial charge is 0.434 e. The molecule has 0 aliphatic rings. The maximum absolute atomic E-state index is 13.2. The van der Waals surface area contributed by atoms with Crippen molar-refractivity contribution in [3.63, 3.8) is 0 Å². The number of thioether (sulfide) groups is 1. The van der Waals surface area contributed by atoms with Crippen molar-refractivity contribution in [1.29, 1.82) is 0 Å². The third kappa shape index (κ3) is 4.33. The largest absolute Gasteiger partial charge is 0.462 e. The SMILES string of the molecule is CCOC(=O)c1c(C(F)(F)F)nc(C(F)F)c(SCC)c1CC. The van der Waals surface area contributed by atoms with Crippen LogP contribution in [-0.2, 0) is 17.3 Å². The van der Waals surface area contributed by atoms with Gasteiger partial charge in [-0.1, -0.05) is 13.8 Å². The van der Waals surface area contributed by atoms with Crippen LogP contribution >= 0.6 is 11.8 Å². The van der Waals surface area contributed by atoms with Crippen molar-refractivity contribution in [2.24, 2.45) is 0 Å². The van der Waals surface area contributed by atoms with Crippen molar-refractivity contribution >= 4 is 17.7 Å². The van der Waals surface area contributed by atoms with Crippen molar-refractivity contribution in [2.45, 2.75) is 44.7 Å². The molecule has 0 aliphatic heterocycles. The summed E-state index contributed by atoms with van der Waals surface area (Å²) < 4.78 is 70.6. The van der Waals surface area contributed by atoms with Crippen LogP contribution < -0.4 is 0 Å². The summed E-state index contributed by atoms with van der Waals surface area (Å²) in [5.74, 6) is -0.856. The molecule has 0 spiro atoms. The van der Waals surface area contributed by atoms with E-state index in [1.807, 2.05) is 0 Å². The van der Waals surface area contributed by atoms with Crippen molar-refractivity contribution < 1.29 is 31.5 Å². The number of rotatable bonds is 6. The van der Waals surface area contributed by atoms with Crippen LogP contribution in [0.15, 0.2) is 4.90 Å². The van der Waals surface area contributed by atoms with Gasteiger partial charge < -0.3 is 4.74 Å². The summed E-state index contributed by atoms with van der Waals surface area (Å²) in [7, 11) is 0. The van der Waals surface area contributed by atoms with E-state index in [4.69, 9.17) is 0 Å². The number of aromatic nitrogens is 1. The molecule has 1 heterocycles. The number of halogens is 5. The van der Waals surface area contributed by atoms with E-state index in [0.29, 0.717) is 5.75 Å². The Bertz CT molecular complexity index is 575. The van der Waals surface area contributed by atoms with E-state index < -0.39 is 35.5 Å². The third-order valence-electron chi connectivity index (χ3n) is 2.87. The van der Waals surface area contributed by atoms with Gasteiger partial charge in [0, 0.05) is 4.90 Å². The van der Waals surface area contributed by atoms with Crippen LogP contribution in [-0.4, -0.2) is 23.3 Å². The molecule has 130 valence electrons. The Morgan fingerprint density at radius 2 is 1.87 bits per heavy atom. The fourth-order valence-corrected chi connectivity index (χ4v) is 3.05. The van der Waals surface area contributed by atoms with Gasteiger partial charge in [-0.05, 0) is 24.7 Å². The number of ether oxygens (including phenoxy) is 1. The molecule has 1 aromatic rings. The molecule has 3 nitrogen and oxygen atoms in total. The molecule has 0 radical (unpaired) electrons. The zero-order chi connectivity index (χ0) is 17.8. The Morgan fingerprint density at radius 3 is 2.26 bits per heavy atom. The Hall–Kier alpha value is -1.38. The van der Waals surface area contributed by atoms with Gasteiger partial charge in [-0.15, -0.1) is 11.8 Å². The fraction of sp³-hybridized carbons (Fsp3) is 0.571. The van der Waals surface area contributed by atoms with Crippen LogP contribution in [0.1, 0.15) is 54.5 Å². The summed E-state index contributed by atoms with van der Waals surface area (Å²) in [4.78, 5) is 15.0. The first-order valence-electron chi connectivity index (χ1n) is 6.90. The lowest BCUT2D eigenvalue weighted by molar-refractivity contribution is -0.142. The monoisotopic (exact) mass is 357 g/mol. The standard InChI is InChI=1S/C14H16F5NO2S/c1-4-7-8(13(21)22-5-2)11(14(17,18)19)20-9(12(15)16)10(7)23-6-3/h12H,4-6H2,1-3H3. The lowest BCUT2D eigenvalue weighted by atomic mass is 10.0. The molecule has 23 heavy (non-hydrogen) atoms. The quantitative estimate of drug-likeness (QED) is 0.413. The van der Waals surface area contributed by atoms with E-state index >= 15 is 0 Å². The maximum atomic E-state index is 13.2. The summed E-state index contributed by atoms with van der Waals surface area (Å²) in [6.07, 6.45) is -8.24. The number of carbonyl (C=O) groups excluding carboxylic acids is 1. The molecule has 0 N–H and O–H groups in total. The molecule has 0 aliphatic carbocycles. The van der Waals surface area contributed by atoms with E-state index in [0.717, 1.165) is 11.8 Å². The number of esters is 1. The highest BCUT2D eigenvalue weighted by Gasteiger charge is 2.41. The Labute approximate surface area is 134 Å². The van der Waals surface area contributed by atoms with Gasteiger partial charge in [0.25, 0.3) is 6.43 Å². The predicted octanol–water partition coefficient (Wildman–Crippen LogP) is 4.89. The van der Waals surface area contributed by atoms with E-state index in [1.165, 1.54) is 13.8 Å². The van der Waals surface area contributed by atoms with Crippen LogP contribution in [0.25, 0.3) is 0 Å². The van der Waals surface area contributed by atoms with E-state index in [9.17, 15) is 26.7 Å². The third-order valence-corrected chi connectivity index (χ3v) is 3.91. The normalized spacial score (nSPS) is 11.9. The van der Waals surface area contributed by atoms with E-state index in [1.54, 1.807) is 6.92 Å².